The second kappa shape index (κ2) is 5.30. The normalized spacial score (nSPS) is 23.1. The summed E-state index contributed by atoms with van der Waals surface area (Å²) in [6.07, 6.45) is 4.45. The highest BCUT2D eigenvalue weighted by Crippen LogP contribution is 2.46. The van der Waals surface area contributed by atoms with Crippen molar-refractivity contribution in [2.75, 3.05) is 20.2 Å². The van der Waals surface area contributed by atoms with Gasteiger partial charge in [-0.25, -0.2) is 4.98 Å². The van der Waals surface area contributed by atoms with Crippen LogP contribution in [0.2, 0.25) is 0 Å². The molecule has 0 aliphatic heterocycles. The molecule has 1 aromatic heterocycles. The molecule has 88 valence electrons. The Kier molecular flexibility index (Phi) is 3.78. The van der Waals surface area contributed by atoms with Gasteiger partial charge in [-0.05, 0) is 43.3 Å². The van der Waals surface area contributed by atoms with E-state index in [0.717, 1.165) is 19.0 Å². The molecule has 1 N–H and O–H groups in total. The van der Waals surface area contributed by atoms with Crippen LogP contribution in [0.3, 0.4) is 0 Å². The Labute approximate surface area is 97.2 Å². The highest BCUT2D eigenvalue weighted by molar-refractivity contribution is 5.26. The van der Waals surface area contributed by atoms with E-state index in [9.17, 15) is 0 Å². The van der Waals surface area contributed by atoms with E-state index in [1.54, 1.807) is 7.11 Å². The zero-order chi connectivity index (χ0) is 11.4. The molecule has 1 aromatic rings. The first-order valence-corrected chi connectivity index (χ1v) is 6.05. The summed E-state index contributed by atoms with van der Waals surface area (Å²) in [5.41, 5.74) is 1.35. The Balaban J connectivity index is 1.81. The van der Waals surface area contributed by atoms with Gasteiger partial charge in [-0.3, -0.25) is 0 Å². The third-order valence-corrected chi connectivity index (χ3v) is 3.15. The van der Waals surface area contributed by atoms with Crippen LogP contribution in [-0.4, -0.2) is 25.2 Å². The highest BCUT2D eigenvalue weighted by atomic mass is 16.5. The molecule has 1 aliphatic carbocycles. The first-order valence-electron chi connectivity index (χ1n) is 6.05. The van der Waals surface area contributed by atoms with E-state index in [4.69, 9.17) is 4.74 Å². The molecule has 2 unspecified atom stereocenters. The maximum absolute atomic E-state index is 5.05. The molecule has 0 bridgehead atoms. The number of ether oxygens (including phenoxy) is 1. The van der Waals surface area contributed by atoms with Crippen LogP contribution in [0.4, 0.5) is 0 Å². The smallest absolute Gasteiger partial charge is 0.212 e. The van der Waals surface area contributed by atoms with Crippen molar-refractivity contribution < 1.29 is 4.74 Å². The van der Waals surface area contributed by atoms with E-state index in [1.165, 1.54) is 18.4 Å². The van der Waals surface area contributed by atoms with Gasteiger partial charge < -0.3 is 10.1 Å². The average molecular weight is 220 g/mol. The number of aromatic nitrogens is 1. The first kappa shape index (κ1) is 11.4. The third-order valence-electron chi connectivity index (χ3n) is 3.15. The van der Waals surface area contributed by atoms with E-state index in [0.29, 0.717) is 11.8 Å². The Bertz CT molecular complexity index is 323. The average Bonchev–Trinajstić information content (AvgIpc) is 3.09. The number of methoxy groups -OCH3 is 1. The van der Waals surface area contributed by atoms with Crippen LogP contribution in [0, 0.1) is 5.92 Å². The van der Waals surface area contributed by atoms with E-state index in [2.05, 4.69) is 23.3 Å². The standard InChI is InChI=1S/C13H20N2O/c1-3-6-14-8-11-7-12(11)10-4-5-13(16-2)15-9-10/h4-5,9,11-12,14H,3,6-8H2,1-2H3. The Morgan fingerprint density at radius 1 is 1.50 bits per heavy atom. The van der Waals surface area contributed by atoms with Crippen LogP contribution in [-0.2, 0) is 0 Å². The minimum atomic E-state index is 0.699. The number of hydrogen-bond acceptors (Lipinski definition) is 3. The van der Waals surface area contributed by atoms with Crippen molar-refractivity contribution in [2.24, 2.45) is 5.92 Å². The van der Waals surface area contributed by atoms with Crippen molar-refractivity contribution in [3.8, 4) is 5.88 Å². The lowest BCUT2D eigenvalue weighted by molar-refractivity contribution is 0.397. The van der Waals surface area contributed by atoms with Crippen molar-refractivity contribution in [1.82, 2.24) is 10.3 Å². The summed E-state index contributed by atoms with van der Waals surface area (Å²) in [5.74, 6) is 2.22. The van der Waals surface area contributed by atoms with Crippen LogP contribution in [0.25, 0.3) is 0 Å². The fraction of sp³-hybridized carbons (Fsp3) is 0.615. The number of pyridine rings is 1. The van der Waals surface area contributed by atoms with Crippen molar-refractivity contribution in [3.05, 3.63) is 23.9 Å². The number of nitrogens with zero attached hydrogens (tertiary/aromatic N) is 1. The molecule has 1 saturated carbocycles. The topological polar surface area (TPSA) is 34.1 Å². The molecule has 3 nitrogen and oxygen atoms in total. The molecule has 0 radical (unpaired) electrons. The van der Waals surface area contributed by atoms with Gasteiger partial charge in [0.2, 0.25) is 5.88 Å². The predicted octanol–water partition coefficient (Wildman–Crippen LogP) is 2.19. The molecule has 0 amide bonds. The fourth-order valence-electron chi connectivity index (χ4n) is 2.08. The number of rotatable bonds is 6. The first-order chi connectivity index (χ1) is 7.85. The van der Waals surface area contributed by atoms with E-state index in [-0.39, 0.29) is 0 Å². The zero-order valence-corrected chi connectivity index (χ0v) is 10.1. The minimum absolute atomic E-state index is 0.699. The molecule has 16 heavy (non-hydrogen) atoms. The van der Waals surface area contributed by atoms with Gasteiger partial charge in [0.1, 0.15) is 0 Å². The Hall–Kier alpha value is -1.09. The summed E-state index contributed by atoms with van der Waals surface area (Å²) in [4.78, 5) is 4.25. The second-order valence-electron chi connectivity index (χ2n) is 4.44. The molecule has 1 fully saturated rings. The predicted molar refractivity (Wildman–Crippen MR) is 64.8 cm³/mol. The monoisotopic (exact) mass is 220 g/mol. The summed E-state index contributed by atoms with van der Waals surface area (Å²) < 4.78 is 5.05. The summed E-state index contributed by atoms with van der Waals surface area (Å²) in [6.45, 7) is 4.47. The molecular formula is C13H20N2O. The van der Waals surface area contributed by atoms with Gasteiger partial charge in [0, 0.05) is 12.3 Å². The molecule has 3 heteroatoms. The number of hydrogen-bond donors (Lipinski definition) is 1. The van der Waals surface area contributed by atoms with E-state index in [1.807, 2.05) is 12.3 Å². The lowest BCUT2D eigenvalue weighted by Crippen LogP contribution is -2.17. The van der Waals surface area contributed by atoms with Crippen LogP contribution >= 0.6 is 0 Å². The van der Waals surface area contributed by atoms with Gasteiger partial charge in [0.05, 0.1) is 7.11 Å². The molecular weight excluding hydrogens is 200 g/mol. The minimum Gasteiger partial charge on any atom is -0.481 e. The Morgan fingerprint density at radius 3 is 3.00 bits per heavy atom. The van der Waals surface area contributed by atoms with Crippen LogP contribution < -0.4 is 10.1 Å². The van der Waals surface area contributed by atoms with Gasteiger partial charge in [-0.15, -0.1) is 0 Å². The largest absolute Gasteiger partial charge is 0.481 e. The lowest BCUT2D eigenvalue weighted by atomic mass is 10.1. The van der Waals surface area contributed by atoms with Crippen LogP contribution in [0.1, 0.15) is 31.2 Å². The van der Waals surface area contributed by atoms with Gasteiger partial charge in [-0.1, -0.05) is 13.0 Å². The molecule has 1 aliphatic rings. The second-order valence-corrected chi connectivity index (χ2v) is 4.44. The quantitative estimate of drug-likeness (QED) is 0.746. The van der Waals surface area contributed by atoms with Crippen LogP contribution in [0.5, 0.6) is 5.88 Å². The highest BCUT2D eigenvalue weighted by Gasteiger charge is 2.37. The lowest BCUT2D eigenvalue weighted by Gasteiger charge is -2.03. The van der Waals surface area contributed by atoms with Crippen molar-refractivity contribution in [3.63, 3.8) is 0 Å². The van der Waals surface area contributed by atoms with Gasteiger partial charge in [-0.2, -0.15) is 0 Å². The molecule has 2 atom stereocenters. The van der Waals surface area contributed by atoms with Crippen molar-refractivity contribution in [1.29, 1.82) is 0 Å². The maximum atomic E-state index is 5.05. The molecule has 0 spiro atoms. The molecule has 1 heterocycles. The molecule has 0 aromatic carbocycles. The van der Waals surface area contributed by atoms with E-state index >= 15 is 0 Å². The summed E-state index contributed by atoms with van der Waals surface area (Å²) in [6, 6.07) is 4.08. The SMILES string of the molecule is CCCNCC1CC1c1ccc(OC)nc1. The summed E-state index contributed by atoms with van der Waals surface area (Å²) in [7, 11) is 1.65. The van der Waals surface area contributed by atoms with Crippen LogP contribution in [0.15, 0.2) is 18.3 Å². The number of nitrogens with one attached hydrogen (secondary N) is 1. The molecule has 2 rings (SSSR count). The fourth-order valence-corrected chi connectivity index (χ4v) is 2.08. The van der Waals surface area contributed by atoms with E-state index < -0.39 is 0 Å². The van der Waals surface area contributed by atoms with Gasteiger partial charge in [0.15, 0.2) is 0 Å². The third kappa shape index (κ3) is 2.73. The zero-order valence-electron chi connectivity index (χ0n) is 10.1. The van der Waals surface area contributed by atoms with Crippen molar-refractivity contribution in [2.45, 2.75) is 25.7 Å². The van der Waals surface area contributed by atoms with Gasteiger partial charge >= 0.3 is 0 Å². The van der Waals surface area contributed by atoms with Crippen molar-refractivity contribution >= 4 is 0 Å². The summed E-state index contributed by atoms with van der Waals surface area (Å²) in [5, 5.41) is 3.47. The summed E-state index contributed by atoms with van der Waals surface area (Å²) >= 11 is 0. The van der Waals surface area contributed by atoms with Gasteiger partial charge in [0.25, 0.3) is 0 Å². The maximum Gasteiger partial charge on any atom is 0.212 e. The Morgan fingerprint density at radius 2 is 2.38 bits per heavy atom. The molecule has 0 saturated heterocycles.